The van der Waals surface area contributed by atoms with E-state index in [0.717, 1.165) is 55.5 Å². The highest BCUT2D eigenvalue weighted by atomic mass is 19.1. The maximum Gasteiger partial charge on any atom is 0.243 e. The van der Waals surface area contributed by atoms with Gasteiger partial charge in [-0.05, 0) is 43.5 Å². The van der Waals surface area contributed by atoms with Crippen LogP contribution in [0.15, 0.2) is 42.5 Å². The Morgan fingerprint density at radius 3 is 2.56 bits per heavy atom. The molecule has 0 spiro atoms. The summed E-state index contributed by atoms with van der Waals surface area (Å²) in [4.78, 5) is 14.4. The number of para-hydroxylation sites is 2. The molecule has 132 valence electrons. The lowest BCUT2D eigenvalue weighted by molar-refractivity contribution is -0.114. The van der Waals surface area contributed by atoms with Crippen LogP contribution in [0.25, 0.3) is 0 Å². The number of carbonyl (C=O) groups is 1. The van der Waals surface area contributed by atoms with Gasteiger partial charge in [0, 0.05) is 19.2 Å². The van der Waals surface area contributed by atoms with E-state index in [1.54, 1.807) is 0 Å². The second-order valence-electron chi connectivity index (χ2n) is 6.09. The molecule has 0 bridgehead atoms. The van der Waals surface area contributed by atoms with Crippen LogP contribution in [0.1, 0.15) is 19.3 Å². The first kappa shape index (κ1) is 17.2. The molecule has 0 aliphatic carbocycles. The van der Waals surface area contributed by atoms with Gasteiger partial charge in [0.05, 0.1) is 23.6 Å². The molecule has 2 aromatic rings. The minimum atomic E-state index is -0.663. The van der Waals surface area contributed by atoms with Crippen LogP contribution in [0.4, 0.5) is 25.8 Å². The van der Waals surface area contributed by atoms with Crippen LogP contribution in [-0.4, -0.2) is 25.5 Å². The molecule has 0 aromatic heterocycles. The number of carbonyl (C=O) groups excluding carboxylic acids is 1. The number of halogens is 2. The molecule has 2 aromatic carbocycles. The second kappa shape index (κ2) is 7.96. The van der Waals surface area contributed by atoms with Crippen molar-refractivity contribution in [1.82, 2.24) is 0 Å². The van der Waals surface area contributed by atoms with Gasteiger partial charge in [0.25, 0.3) is 0 Å². The highest BCUT2D eigenvalue weighted by Crippen LogP contribution is 2.28. The topological polar surface area (TPSA) is 44.4 Å². The van der Waals surface area contributed by atoms with E-state index in [-0.39, 0.29) is 12.2 Å². The number of piperidine rings is 1. The summed E-state index contributed by atoms with van der Waals surface area (Å²) in [5, 5.41) is 5.48. The van der Waals surface area contributed by atoms with E-state index in [2.05, 4.69) is 15.5 Å². The minimum absolute atomic E-state index is 0.0270. The molecule has 1 heterocycles. The van der Waals surface area contributed by atoms with Crippen LogP contribution >= 0.6 is 0 Å². The highest BCUT2D eigenvalue weighted by molar-refractivity contribution is 5.94. The molecule has 1 saturated heterocycles. The molecule has 0 unspecified atom stereocenters. The van der Waals surface area contributed by atoms with Gasteiger partial charge in [0.2, 0.25) is 5.91 Å². The third-order valence-corrected chi connectivity index (χ3v) is 4.24. The second-order valence-corrected chi connectivity index (χ2v) is 6.09. The number of nitrogens with zero attached hydrogens (tertiary/aromatic N) is 1. The summed E-state index contributed by atoms with van der Waals surface area (Å²) < 4.78 is 26.8. The fraction of sp³-hybridized carbons (Fsp3) is 0.316. The Morgan fingerprint density at radius 2 is 1.76 bits per heavy atom. The van der Waals surface area contributed by atoms with Crippen LogP contribution in [0.3, 0.4) is 0 Å². The Bertz CT molecular complexity index is 745. The van der Waals surface area contributed by atoms with Gasteiger partial charge in [0.15, 0.2) is 0 Å². The minimum Gasteiger partial charge on any atom is -0.374 e. The van der Waals surface area contributed by atoms with Crippen molar-refractivity contribution in [3.63, 3.8) is 0 Å². The molecule has 1 fully saturated rings. The van der Waals surface area contributed by atoms with Crippen molar-refractivity contribution in [3.8, 4) is 0 Å². The summed E-state index contributed by atoms with van der Waals surface area (Å²) in [5.41, 5.74) is 1.77. The van der Waals surface area contributed by atoms with Crippen molar-refractivity contribution >= 4 is 23.0 Å². The molecule has 4 nitrogen and oxygen atoms in total. The molecule has 6 heteroatoms. The first-order valence-electron chi connectivity index (χ1n) is 8.46. The van der Waals surface area contributed by atoms with Gasteiger partial charge in [-0.1, -0.05) is 12.1 Å². The van der Waals surface area contributed by atoms with Gasteiger partial charge in [0.1, 0.15) is 11.6 Å². The lowest BCUT2D eigenvalue weighted by Gasteiger charge is -2.30. The fourth-order valence-corrected chi connectivity index (χ4v) is 3.00. The van der Waals surface area contributed by atoms with Crippen LogP contribution in [-0.2, 0) is 4.79 Å². The summed E-state index contributed by atoms with van der Waals surface area (Å²) in [6.45, 7) is 1.97. The van der Waals surface area contributed by atoms with Gasteiger partial charge in [-0.2, -0.15) is 0 Å². The largest absolute Gasteiger partial charge is 0.374 e. The maximum atomic E-state index is 13.6. The number of hydrogen-bond donors (Lipinski definition) is 2. The molecule has 1 aliphatic heterocycles. The molecule has 0 saturated carbocycles. The average molecular weight is 345 g/mol. The third-order valence-electron chi connectivity index (χ3n) is 4.24. The van der Waals surface area contributed by atoms with Crippen LogP contribution < -0.4 is 15.5 Å². The molecule has 2 N–H and O–H groups in total. The molecular formula is C19H21F2N3O. The standard InChI is InChI=1S/C19H21F2N3O/c20-14-8-9-15(21)17(12-14)23-19(25)13-22-16-6-2-3-7-18(16)24-10-4-1-5-11-24/h2-3,6-9,12,22H,1,4-5,10-11,13H2,(H,23,25). The van der Waals surface area contributed by atoms with Crippen LogP contribution in [0, 0.1) is 11.6 Å². The smallest absolute Gasteiger partial charge is 0.243 e. The predicted octanol–water partition coefficient (Wildman–Crippen LogP) is 4.01. The zero-order valence-electron chi connectivity index (χ0n) is 13.9. The number of amides is 1. The summed E-state index contributed by atoms with van der Waals surface area (Å²) in [6, 6.07) is 10.8. The van der Waals surface area contributed by atoms with E-state index in [1.807, 2.05) is 24.3 Å². The predicted molar refractivity (Wildman–Crippen MR) is 96.0 cm³/mol. The summed E-state index contributed by atoms with van der Waals surface area (Å²) in [6.07, 6.45) is 3.56. The van der Waals surface area contributed by atoms with E-state index in [4.69, 9.17) is 0 Å². The molecule has 0 atom stereocenters. The first-order valence-corrected chi connectivity index (χ1v) is 8.46. The van der Waals surface area contributed by atoms with Crippen molar-refractivity contribution in [2.75, 3.05) is 35.2 Å². The lowest BCUT2D eigenvalue weighted by Crippen LogP contribution is -2.30. The quantitative estimate of drug-likeness (QED) is 0.861. The molecule has 25 heavy (non-hydrogen) atoms. The van der Waals surface area contributed by atoms with Crippen LogP contribution in [0.2, 0.25) is 0 Å². The Balaban J connectivity index is 1.63. The highest BCUT2D eigenvalue weighted by Gasteiger charge is 2.15. The first-order chi connectivity index (χ1) is 12.1. The van der Waals surface area contributed by atoms with E-state index < -0.39 is 17.5 Å². The number of nitrogens with one attached hydrogen (secondary N) is 2. The van der Waals surface area contributed by atoms with Crippen molar-refractivity contribution in [1.29, 1.82) is 0 Å². The third kappa shape index (κ3) is 4.47. The summed E-state index contributed by atoms with van der Waals surface area (Å²) in [5.74, 6) is -1.69. The number of rotatable bonds is 5. The van der Waals surface area contributed by atoms with Gasteiger partial charge in [-0.25, -0.2) is 8.78 Å². The number of hydrogen-bond acceptors (Lipinski definition) is 3. The lowest BCUT2D eigenvalue weighted by atomic mass is 10.1. The van der Waals surface area contributed by atoms with E-state index >= 15 is 0 Å². The van der Waals surface area contributed by atoms with Crippen molar-refractivity contribution < 1.29 is 13.6 Å². The van der Waals surface area contributed by atoms with Crippen molar-refractivity contribution in [2.24, 2.45) is 0 Å². The van der Waals surface area contributed by atoms with E-state index in [0.29, 0.717) is 0 Å². The molecule has 1 aliphatic rings. The van der Waals surface area contributed by atoms with Crippen LogP contribution in [0.5, 0.6) is 0 Å². The molecule has 1 amide bonds. The molecule has 3 rings (SSSR count). The fourth-order valence-electron chi connectivity index (χ4n) is 3.00. The van der Waals surface area contributed by atoms with Gasteiger partial charge in [-0.3, -0.25) is 4.79 Å². The Kier molecular flexibility index (Phi) is 5.48. The van der Waals surface area contributed by atoms with Gasteiger partial charge in [-0.15, -0.1) is 0 Å². The summed E-state index contributed by atoms with van der Waals surface area (Å²) >= 11 is 0. The maximum absolute atomic E-state index is 13.6. The van der Waals surface area contributed by atoms with Gasteiger partial charge < -0.3 is 15.5 Å². The Labute approximate surface area is 145 Å². The van der Waals surface area contributed by atoms with Gasteiger partial charge >= 0.3 is 0 Å². The molecule has 0 radical (unpaired) electrons. The summed E-state index contributed by atoms with van der Waals surface area (Å²) in [7, 11) is 0. The SMILES string of the molecule is O=C(CNc1ccccc1N1CCCCC1)Nc1cc(F)ccc1F. The average Bonchev–Trinajstić information content (AvgIpc) is 2.64. The number of benzene rings is 2. The zero-order valence-corrected chi connectivity index (χ0v) is 13.9. The van der Waals surface area contributed by atoms with E-state index in [9.17, 15) is 13.6 Å². The van der Waals surface area contributed by atoms with E-state index in [1.165, 1.54) is 6.42 Å². The van der Waals surface area contributed by atoms with Crippen molar-refractivity contribution in [2.45, 2.75) is 19.3 Å². The Morgan fingerprint density at radius 1 is 1.00 bits per heavy atom. The van der Waals surface area contributed by atoms with Crippen molar-refractivity contribution in [3.05, 3.63) is 54.1 Å². The Hall–Kier alpha value is -2.63. The monoisotopic (exact) mass is 345 g/mol. The normalized spacial score (nSPS) is 14.2. The molecular weight excluding hydrogens is 324 g/mol. The number of anilines is 3. The zero-order chi connectivity index (χ0) is 17.6.